The predicted octanol–water partition coefficient (Wildman–Crippen LogP) is 4.89. The van der Waals surface area contributed by atoms with Crippen LogP contribution < -0.4 is 10.9 Å². The average molecular weight is 504 g/mol. The number of nitrogens with one attached hydrogen (secondary N) is 2. The van der Waals surface area contributed by atoms with E-state index in [1.165, 1.54) is 27.8 Å². The van der Waals surface area contributed by atoms with Crippen LogP contribution in [0.5, 0.6) is 0 Å². The molecule has 0 spiro atoms. The van der Waals surface area contributed by atoms with Gasteiger partial charge in [0.15, 0.2) is 5.65 Å². The van der Waals surface area contributed by atoms with E-state index in [-0.39, 0.29) is 38.5 Å². The molecule has 0 aliphatic carbocycles. The fourth-order valence-corrected chi connectivity index (χ4v) is 5.48. The summed E-state index contributed by atoms with van der Waals surface area (Å²) < 4.78 is 16.5. The number of rotatable bonds is 3. The summed E-state index contributed by atoms with van der Waals surface area (Å²) in [5, 5.41) is 6.22. The van der Waals surface area contributed by atoms with Gasteiger partial charge in [-0.3, -0.25) is 9.89 Å². The summed E-state index contributed by atoms with van der Waals surface area (Å²) in [5.74, 6) is -0.384. The summed E-state index contributed by atoms with van der Waals surface area (Å²) in [6, 6.07) is 10.5. The number of benzene rings is 2. The van der Waals surface area contributed by atoms with Crippen molar-refractivity contribution in [3.63, 3.8) is 0 Å². The number of H-pyrrole nitrogens is 1. The molecule has 6 rings (SSSR count). The van der Waals surface area contributed by atoms with E-state index in [0.29, 0.717) is 5.65 Å². The first-order valence-corrected chi connectivity index (χ1v) is 11.9. The largest absolute Gasteiger partial charge is 0.324 e. The van der Waals surface area contributed by atoms with E-state index in [0.717, 1.165) is 18.8 Å². The van der Waals surface area contributed by atoms with Crippen LogP contribution in [0.15, 0.2) is 53.6 Å². The van der Waals surface area contributed by atoms with Crippen molar-refractivity contribution in [2.45, 2.75) is 25.8 Å². The minimum absolute atomic E-state index is 0.0301. The zero-order chi connectivity index (χ0) is 25.2. The van der Waals surface area contributed by atoms with Crippen LogP contribution in [0.3, 0.4) is 0 Å². The molecule has 2 aromatic carbocycles. The zero-order valence-corrected chi connectivity index (χ0v) is 20.7. The maximum Gasteiger partial charge on any atom is 0.274 e. The van der Waals surface area contributed by atoms with Crippen LogP contribution in [0.1, 0.15) is 25.0 Å². The lowest BCUT2D eigenvalue weighted by molar-refractivity contribution is 0.236. The fourth-order valence-electron chi connectivity index (χ4n) is 5.23. The number of halogens is 2. The minimum Gasteiger partial charge on any atom is -0.324 e. The van der Waals surface area contributed by atoms with Crippen LogP contribution in [-0.2, 0) is 12.0 Å². The molecule has 10 heteroatoms. The van der Waals surface area contributed by atoms with E-state index >= 15 is 4.39 Å². The van der Waals surface area contributed by atoms with E-state index in [1.54, 1.807) is 18.5 Å². The Labute approximate surface area is 210 Å². The quantitative estimate of drug-likeness (QED) is 0.364. The Morgan fingerprint density at radius 2 is 2.03 bits per heavy atom. The highest BCUT2D eigenvalue weighted by atomic mass is 35.5. The molecule has 0 atom stereocenters. The van der Waals surface area contributed by atoms with Gasteiger partial charge < -0.3 is 10.2 Å². The predicted molar refractivity (Wildman–Crippen MR) is 138 cm³/mol. The Kier molecular flexibility index (Phi) is 5.10. The Balaban J connectivity index is 1.56. The Bertz CT molecular complexity index is 1710. The molecule has 3 aromatic heterocycles. The third-order valence-electron chi connectivity index (χ3n) is 6.61. The van der Waals surface area contributed by atoms with E-state index in [4.69, 9.17) is 11.6 Å². The van der Waals surface area contributed by atoms with Crippen molar-refractivity contribution in [3.8, 4) is 11.3 Å². The highest BCUT2D eigenvalue weighted by Gasteiger charge is 2.30. The van der Waals surface area contributed by atoms with Gasteiger partial charge in [-0.05, 0) is 42.4 Å². The highest BCUT2D eigenvalue weighted by Crippen LogP contribution is 2.36. The average Bonchev–Trinajstić information content (AvgIpc) is 3.26. The monoisotopic (exact) mass is 503 g/mol. The SMILES string of the molecule is CN1Cc2cc(Nc3nc(-c4c(F)cccc4Cl)c4c(=O)[nH]n5ccnc5c4n3)ccc2C(C)(C)C1. The molecule has 0 unspecified atom stereocenters. The Hall–Kier alpha value is -3.82. The number of aromatic nitrogens is 5. The van der Waals surface area contributed by atoms with Crippen LogP contribution in [0.4, 0.5) is 16.0 Å². The van der Waals surface area contributed by atoms with Crippen LogP contribution in [0.2, 0.25) is 5.02 Å². The summed E-state index contributed by atoms with van der Waals surface area (Å²) in [6.45, 7) is 6.27. The first-order chi connectivity index (χ1) is 17.2. The molecule has 4 heterocycles. The molecule has 0 amide bonds. The first-order valence-electron chi connectivity index (χ1n) is 11.5. The van der Waals surface area contributed by atoms with Gasteiger partial charge in [-0.2, -0.15) is 0 Å². The highest BCUT2D eigenvalue weighted by molar-refractivity contribution is 6.33. The van der Waals surface area contributed by atoms with Crippen LogP contribution in [0, 0.1) is 5.82 Å². The minimum atomic E-state index is -0.588. The molecule has 1 aliphatic heterocycles. The van der Waals surface area contributed by atoms with Crippen molar-refractivity contribution >= 4 is 39.8 Å². The van der Waals surface area contributed by atoms with Crippen molar-refractivity contribution in [1.82, 2.24) is 29.5 Å². The summed E-state index contributed by atoms with van der Waals surface area (Å²) in [4.78, 5) is 28.9. The molecule has 0 saturated carbocycles. The topological polar surface area (TPSA) is 91.2 Å². The number of fused-ring (bicyclic) bond motifs is 4. The molecular weight excluding hydrogens is 481 g/mol. The van der Waals surface area contributed by atoms with Gasteiger partial charge in [-0.25, -0.2) is 23.9 Å². The standard InChI is InChI=1S/C26H23ClFN7O/c1-26(2)13-34(3)12-14-11-15(7-8-16(14)26)30-25-31-21(19-17(27)5-4-6-18(19)28)20-22(32-25)23-29-9-10-35(23)33-24(20)36/h4-11H,12-13H2,1-3H3,(H,33,36)(H,30,31,32). The second kappa shape index (κ2) is 8.11. The van der Waals surface area contributed by atoms with Gasteiger partial charge in [0.25, 0.3) is 5.56 Å². The smallest absolute Gasteiger partial charge is 0.274 e. The normalized spacial score (nSPS) is 15.4. The lowest BCUT2D eigenvalue weighted by Crippen LogP contribution is -2.39. The number of imidazole rings is 1. The molecular formula is C26H23ClFN7O. The van der Waals surface area contributed by atoms with E-state index in [9.17, 15) is 4.79 Å². The summed E-state index contributed by atoms with van der Waals surface area (Å²) in [7, 11) is 2.11. The van der Waals surface area contributed by atoms with Gasteiger partial charge in [0.1, 0.15) is 11.3 Å². The zero-order valence-electron chi connectivity index (χ0n) is 19.9. The second-order valence-corrected chi connectivity index (χ2v) is 10.2. The van der Waals surface area contributed by atoms with Gasteiger partial charge in [-0.15, -0.1) is 0 Å². The molecule has 36 heavy (non-hydrogen) atoms. The van der Waals surface area contributed by atoms with Crippen molar-refractivity contribution in [2.75, 3.05) is 18.9 Å². The first kappa shape index (κ1) is 22.6. The maximum absolute atomic E-state index is 15.0. The molecule has 2 N–H and O–H groups in total. The van der Waals surface area contributed by atoms with Crippen molar-refractivity contribution in [1.29, 1.82) is 0 Å². The third-order valence-corrected chi connectivity index (χ3v) is 6.92. The lowest BCUT2D eigenvalue weighted by Gasteiger charge is -2.38. The molecule has 1 aliphatic rings. The summed E-state index contributed by atoms with van der Waals surface area (Å²) in [6.07, 6.45) is 3.17. The summed E-state index contributed by atoms with van der Waals surface area (Å²) in [5.41, 5.74) is 3.68. The fraction of sp³-hybridized carbons (Fsp3) is 0.231. The number of hydrogen-bond donors (Lipinski definition) is 2. The lowest BCUT2D eigenvalue weighted by atomic mass is 9.78. The number of likely N-dealkylation sites (N-methyl/N-ethyl adjacent to an activating group) is 1. The van der Waals surface area contributed by atoms with E-state index in [2.05, 4.69) is 63.3 Å². The number of aromatic amines is 1. The van der Waals surface area contributed by atoms with Gasteiger partial charge in [-0.1, -0.05) is 37.6 Å². The second-order valence-electron chi connectivity index (χ2n) is 9.83. The van der Waals surface area contributed by atoms with Gasteiger partial charge in [0, 0.05) is 36.6 Å². The van der Waals surface area contributed by atoms with Gasteiger partial charge in [0.05, 0.1) is 21.7 Å². The van der Waals surface area contributed by atoms with Crippen LogP contribution in [0.25, 0.3) is 27.8 Å². The molecule has 8 nitrogen and oxygen atoms in total. The van der Waals surface area contributed by atoms with E-state index in [1.807, 2.05) is 6.07 Å². The molecule has 182 valence electrons. The Morgan fingerprint density at radius 1 is 1.19 bits per heavy atom. The summed E-state index contributed by atoms with van der Waals surface area (Å²) >= 11 is 6.39. The van der Waals surface area contributed by atoms with E-state index < -0.39 is 11.4 Å². The van der Waals surface area contributed by atoms with Crippen molar-refractivity contribution < 1.29 is 4.39 Å². The number of hydrogen-bond acceptors (Lipinski definition) is 6. The molecule has 0 bridgehead atoms. The van der Waals surface area contributed by atoms with Crippen LogP contribution in [-0.4, -0.2) is 43.1 Å². The maximum atomic E-state index is 15.0. The molecule has 0 radical (unpaired) electrons. The molecule has 0 fully saturated rings. The van der Waals surface area contributed by atoms with Crippen molar-refractivity contribution in [2.24, 2.45) is 0 Å². The number of nitrogens with zero attached hydrogens (tertiary/aromatic N) is 5. The third kappa shape index (κ3) is 3.63. The van der Waals surface area contributed by atoms with Crippen LogP contribution >= 0.6 is 11.6 Å². The van der Waals surface area contributed by atoms with Gasteiger partial charge in [0.2, 0.25) is 5.95 Å². The molecule has 5 aromatic rings. The molecule has 0 saturated heterocycles. The van der Waals surface area contributed by atoms with Gasteiger partial charge >= 0.3 is 0 Å². The Morgan fingerprint density at radius 3 is 2.83 bits per heavy atom. The van der Waals surface area contributed by atoms with Crippen molar-refractivity contribution in [3.05, 3.63) is 81.1 Å². The number of anilines is 2.